The van der Waals surface area contributed by atoms with Gasteiger partial charge in [0.05, 0.1) is 43.4 Å². The lowest BCUT2D eigenvalue weighted by molar-refractivity contribution is -0.385. The van der Waals surface area contributed by atoms with Crippen LogP contribution in [0.5, 0.6) is 11.5 Å². The Balaban J connectivity index is 2.25. The van der Waals surface area contributed by atoms with Crippen LogP contribution in [0, 0.1) is 10.1 Å². The standard InChI is InChI=1S/C17H19N3O7S/c1-4-26-14-8-12(20(23)24)11(7-13(14)25-3)16(22)19-17-18-10(9-28-17)6-15(21)27-5-2/h7-9H,4-6H2,1-3H3,(H,18,19,22). The number of nitro groups is 1. The summed E-state index contributed by atoms with van der Waals surface area (Å²) in [6, 6.07) is 2.39. The Kier molecular flexibility index (Phi) is 7.27. The van der Waals surface area contributed by atoms with E-state index in [0.717, 1.165) is 17.4 Å². The molecule has 2 rings (SSSR count). The van der Waals surface area contributed by atoms with Crippen LogP contribution in [0.1, 0.15) is 29.9 Å². The van der Waals surface area contributed by atoms with Gasteiger partial charge in [0.25, 0.3) is 11.6 Å². The smallest absolute Gasteiger partial charge is 0.311 e. The van der Waals surface area contributed by atoms with E-state index in [1.807, 2.05) is 0 Å². The molecule has 11 heteroatoms. The highest BCUT2D eigenvalue weighted by Crippen LogP contribution is 2.35. The van der Waals surface area contributed by atoms with E-state index in [-0.39, 0.29) is 41.8 Å². The van der Waals surface area contributed by atoms with Crippen LogP contribution in [-0.2, 0) is 16.0 Å². The molecule has 0 fully saturated rings. The van der Waals surface area contributed by atoms with Gasteiger partial charge < -0.3 is 14.2 Å². The van der Waals surface area contributed by atoms with Gasteiger partial charge in [-0.2, -0.15) is 0 Å². The number of hydrogen-bond donors (Lipinski definition) is 1. The van der Waals surface area contributed by atoms with E-state index in [4.69, 9.17) is 14.2 Å². The molecule has 1 N–H and O–H groups in total. The lowest BCUT2D eigenvalue weighted by Crippen LogP contribution is -2.15. The van der Waals surface area contributed by atoms with Crippen LogP contribution in [0.15, 0.2) is 17.5 Å². The number of hydrogen-bond acceptors (Lipinski definition) is 9. The van der Waals surface area contributed by atoms with Crippen LogP contribution in [0.25, 0.3) is 0 Å². The van der Waals surface area contributed by atoms with Gasteiger partial charge in [-0.1, -0.05) is 0 Å². The third-order valence-electron chi connectivity index (χ3n) is 3.43. The average molecular weight is 409 g/mol. The first-order valence-corrected chi connectivity index (χ1v) is 9.18. The Morgan fingerprint density at radius 2 is 2.00 bits per heavy atom. The van der Waals surface area contributed by atoms with Crippen LogP contribution in [-0.4, -0.2) is 42.1 Å². The molecule has 28 heavy (non-hydrogen) atoms. The molecule has 0 radical (unpaired) electrons. The minimum absolute atomic E-state index is 0.0305. The van der Waals surface area contributed by atoms with Crippen molar-refractivity contribution in [3.8, 4) is 11.5 Å². The number of benzene rings is 1. The second-order valence-electron chi connectivity index (χ2n) is 5.29. The molecule has 0 spiro atoms. The number of carbonyl (C=O) groups excluding carboxylic acids is 2. The molecule has 1 aromatic heterocycles. The molecule has 1 aromatic carbocycles. The van der Waals surface area contributed by atoms with Crippen molar-refractivity contribution in [2.24, 2.45) is 0 Å². The quantitative estimate of drug-likeness (QED) is 0.380. The number of esters is 1. The maximum absolute atomic E-state index is 12.6. The molecule has 0 atom stereocenters. The van der Waals surface area contributed by atoms with Crippen LogP contribution in [0.3, 0.4) is 0 Å². The first-order chi connectivity index (χ1) is 13.4. The molecule has 1 heterocycles. The van der Waals surface area contributed by atoms with Gasteiger partial charge in [0.15, 0.2) is 16.6 Å². The fraction of sp³-hybridized carbons (Fsp3) is 0.353. The number of nitro benzene ring substituents is 1. The Bertz CT molecular complexity index is 882. The molecule has 0 aliphatic carbocycles. The van der Waals surface area contributed by atoms with Crippen molar-refractivity contribution in [1.82, 2.24) is 4.98 Å². The molecule has 0 bridgehead atoms. The zero-order valence-electron chi connectivity index (χ0n) is 15.5. The fourth-order valence-electron chi connectivity index (χ4n) is 2.28. The molecule has 0 saturated carbocycles. The zero-order valence-corrected chi connectivity index (χ0v) is 16.3. The second kappa shape index (κ2) is 9.65. The monoisotopic (exact) mass is 409 g/mol. The number of methoxy groups -OCH3 is 1. The van der Waals surface area contributed by atoms with Gasteiger partial charge in [0.1, 0.15) is 5.56 Å². The molecule has 0 unspecified atom stereocenters. The number of thiazole rings is 1. The minimum Gasteiger partial charge on any atom is -0.493 e. The molecule has 0 saturated heterocycles. The van der Waals surface area contributed by atoms with E-state index in [1.165, 1.54) is 13.2 Å². The number of carbonyl (C=O) groups is 2. The minimum atomic E-state index is -0.731. The van der Waals surface area contributed by atoms with Crippen molar-refractivity contribution in [2.75, 3.05) is 25.6 Å². The summed E-state index contributed by atoms with van der Waals surface area (Å²) in [5.41, 5.74) is -0.199. The molecule has 150 valence electrons. The summed E-state index contributed by atoms with van der Waals surface area (Å²) >= 11 is 1.09. The van der Waals surface area contributed by atoms with Crippen molar-refractivity contribution >= 4 is 34.0 Å². The second-order valence-corrected chi connectivity index (χ2v) is 6.15. The number of anilines is 1. The van der Waals surface area contributed by atoms with Gasteiger partial charge in [-0.25, -0.2) is 4.98 Å². The number of rotatable bonds is 9. The van der Waals surface area contributed by atoms with Gasteiger partial charge in [-0.15, -0.1) is 11.3 Å². The maximum Gasteiger partial charge on any atom is 0.311 e. The lowest BCUT2D eigenvalue weighted by atomic mass is 10.1. The SMILES string of the molecule is CCOC(=O)Cc1csc(NC(=O)c2cc(OC)c(OCC)cc2[N+](=O)[O-])n1. The van der Waals surface area contributed by atoms with Crippen LogP contribution in [0.2, 0.25) is 0 Å². The zero-order chi connectivity index (χ0) is 20.7. The number of amides is 1. The molecule has 2 aromatic rings. The highest BCUT2D eigenvalue weighted by Gasteiger charge is 2.25. The number of ether oxygens (including phenoxy) is 3. The van der Waals surface area contributed by atoms with Crippen molar-refractivity contribution in [2.45, 2.75) is 20.3 Å². The Morgan fingerprint density at radius 3 is 2.61 bits per heavy atom. The van der Waals surface area contributed by atoms with E-state index in [1.54, 1.807) is 19.2 Å². The van der Waals surface area contributed by atoms with E-state index in [2.05, 4.69) is 10.3 Å². The fourth-order valence-corrected chi connectivity index (χ4v) is 2.99. The van der Waals surface area contributed by atoms with E-state index in [0.29, 0.717) is 5.69 Å². The van der Waals surface area contributed by atoms with E-state index < -0.39 is 22.5 Å². The highest BCUT2D eigenvalue weighted by molar-refractivity contribution is 7.14. The largest absolute Gasteiger partial charge is 0.493 e. The normalized spacial score (nSPS) is 10.2. The summed E-state index contributed by atoms with van der Waals surface area (Å²) < 4.78 is 15.3. The van der Waals surface area contributed by atoms with Gasteiger partial charge in [-0.3, -0.25) is 25.0 Å². The number of nitrogens with zero attached hydrogens (tertiary/aromatic N) is 2. The first kappa shape index (κ1) is 21.1. The van der Waals surface area contributed by atoms with E-state index in [9.17, 15) is 19.7 Å². The van der Waals surface area contributed by atoms with Gasteiger partial charge in [-0.05, 0) is 13.8 Å². The summed E-state index contributed by atoms with van der Waals surface area (Å²) in [5, 5.41) is 15.7. The molecule has 0 aliphatic rings. The molecular formula is C17H19N3O7S. The Labute approximate surface area is 164 Å². The van der Waals surface area contributed by atoms with Crippen molar-refractivity contribution in [1.29, 1.82) is 0 Å². The summed E-state index contributed by atoms with van der Waals surface area (Å²) in [6.45, 7) is 3.96. The summed E-state index contributed by atoms with van der Waals surface area (Å²) in [6.07, 6.45) is -0.0305. The summed E-state index contributed by atoms with van der Waals surface area (Å²) in [5.74, 6) is -0.804. The average Bonchev–Trinajstić information content (AvgIpc) is 3.08. The van der Waals surface area contributed by atoms with Gasteiger partial charge in [0.2, 0.25) is 0 Å². The maximum atomic E-state index is 12.6. The van der Waals surface area contributed by atoms with Crippen LogP contribution >= 0.6 is 11.3 Å². The number of aromatic nitrogens is 1. The van der Waals surface area contributed by atoms with Crippen molar-refractivity contribution < 1.29 is 28.7 Å². The van der Waals surface area contributed by atoms with Crippen LogP contribution in [0.4, 0.5) is 10.8 Å². The third-order valence-corrected chi connectivity index (χ3v) is 4.23. The lowest BCUT2D eigenvalue weighted by Gasteiger charge is -2.11. The summed E-state index contributed by atoms with van der Waals surface area (Å²) in [7, 11) is 1.37. The topological polar surface area (TPSA) is 130 Å². The molecule has 1 amide bonds. The van der Waals surface area contributed by atoms with Crippen LogP contribution < -0.4 is 14.8 Å². The van der Waals surface area contributed by atoms with Gasteiger partial charge in [0, 0.05) is 11.4 Å². The third kappa shape index (κ3) is 5.16. The predicted octanol–water partition coefficient (Wildman–Crippen LogP) is 2.82. The van der Waals surface area contributed by atoms with E-state index >= 15 is 0 Å². The molecule has 10 nitrogen and oxygen atoms in total. The molecule has 0 aliphatic heterocycles. The Hall–Kier alpha value is -3.21. The first-order valence-electron chi connectivity index (χ1n) is 8.30. The highest BCUT2D eigenvalue weighted by atomic mass is 32.1. The predicted molar refractivity (Wildman–Crippen MR) is 101 cm³/mol. The Morgan fingerprint density at radius 1 is 1.25 bits per heavy atom. The molecular weight excluding hydrogens is 390 g/mol. The van der Waals surface area contributed by atoms with Crippen molar-refractivity contribution in [3.05, 3.63) is 38.9 Å². The van der Waals surface area contributed by atoms with Crippen molar-refractivity contribution in [3.63, 3.8) is 0 Å². The summed E-state index contributed by atoms with van der Waals surface area (Å²) in [4.78, 5) is 38.9. The van der Waals surface area contributed by atoms with Gasteiger partial charge >= 0.3 is 5.97 Å². The number of nitrogens with one attached hydrogen (secondary N) is 1.